The molecular weight excluding hydrogens is 583 g/mol. The maximum Gasteiger partial charge on any atom is 0.356 e. The molecule has 0 amide bonds. The molecule has 0 aliphatic carbocycles. The first kappa shape index (κ1) is 33.3. The molecule has 0 spiro atoms. The van der Waals surface area contributed by atoms with Gasteiger partial charge in [-0.2, -0.15) is 0 Å². The Kier molecular flexibility index (Phi) is 11.5. The van der Waals surface area contributed by atoms with Gasteiger partial charge in [-0.05, 0) is 41.4 Å². The van der Waals surface area contributed by atoms with Crippen LogP contribution in [0.5, 0.6) is 0 Å². The minimum absolute atomic E-state index is 0.161. The molecule has 10 heteroatoms. The molecule has 3 atom stereocenters. The fraction of sp³-hybridized carbons (Fsp3) is 0.424. The van der Waals surface area contributed by atoms with Crippen LogP contribution in [0.3, 0.4) is 0 Å². The molecule has 232 valence electrons. The van der Waals surface area contributed by atoms with E-state index in [2.05, 4.69) is 45.0 Å². The molecule has 3 aromatic rings. The maximum atomic E-state index is 13.1. The van der Waals surface area contributed by atoms with E-state index in [4.69, 9.17) is 27.7 Å². The van der Waals surface area contributed by atoms with Gasteiger partial charge in [-0.1, -0.05) is 99.6 Å². The molecule has 4 rings (SSSR count). The fourth-order valence-electron chi connectivity index (χ4n) is 5.49. The monoisotopic (exact) mass is 626 g/mol. The summed E-state index contributed by atoms with van der Waals surface area (Å²) >= 11 is 0. The molecule has 0 saturated carbocycles. The number of carbonyl (C=O) groups excluding carboxylic acids is 1. The molecule has 0 N–H and O–H groups in total. The topological polar surface area (TPSA) is 89.5 Å². The number of hydrogen-bond donors (Lipinski definition) is 0. The van der Waals surface area contributed by atoms with E-state index >= 15 is 0 Å². The number of ether oxygens (including phenoxy) is 3. The fourth-order valence-corrected chi connectivity index (χ4v) is 11.4. The summed E-state index contributed by atoms with van der Waals surface area (Å²) in [5, 5.41) is 2.01. The average Bonchev–Trinajstić information content (AvgIpc) is 3.39. The Balaban J connectivity index is 1.62. The molecule has 1 heterocycles. The predicted molar refractivity (Wildman–Crippen MR) is 169 cm³/mol. The van der Waals surface area contributed by atoms with Gasteiger partial charge in [0.05, 0.1) is 25.4 Å². The minimum Gasteiger partial charge on any atom is -0.456 e. The smallest absolute Gasteiger partial charge is 0.356 e. The predicted octanol–water partition coefficient (Wildman–Crippen LogP) is 6.14. The number of rotatable bonds is 14. The van der Waals surface area contributed by atoms with Crippen LogP contribution in [-0.4, -0.2) is 59.0 Å². The lowest BCUT2D eigenvalue weighted by molar-refractivity contribution is -0.134. The van der Waals surface area contributed by atoms with Crippen LogP contribution in [0.25, 0.3) is 0 Å². The minimum atomic E-state index is -3.47. The molecule has 1 aliphatic heterocycles. The third-order valence-corrected chi connectivity index (χ3v) is 14.2. The first-order valence-electron chi connectivity index (χ1n) is 14.8. The molecule has 1 fully saturated rings. The second-order valence-electron chi connectivity index (χ2n) is 11.4. The van der Waals surface area contributed by atoms with Gasteiger partial charge in [-0.25, -0.2) is 4.79 Å². The van der Waals surface area contributed by atoms with E-state index in [1.54, 1.807) is 38.1 Å². The highest BCUT2D eigenvalue weighted by atomic mass is 31.2. The SMILES string of the molecule is CCOP(=O)(CO[C@@H]1C[C@H](OC(=O)c2ccccc2)[C@H](CO[Si](c2ccccc2)(c2ccccc2)C(C)(C)C)O1)OCC. The zero-order valence-corrected chi connectivity index (χ0v) is 27.5. The largest absolute Gasteiger partial charge is 0.456 e. The highest BCUT2D eigenvalue weighted by Gasteiger charge is 2.51. The van der Waals surface area contributed by atoms with Gasteiger partial charge in [0, 0.05) is 6.42 Å². The summed E-state index contributed by atoms with van der Waals surface area (Å²) in [6.07, 6.45) is -2.12. The van der Waals surface area contributed by atoms with Crippen molar-refractivity contribution in [3.63, 3.8) is 0 Å². The van der Waals surface area contributed by atoms with Gasteiger partial charge in [0.15, 0.2) is 12.6 Å². The van der Waals surface area contributed by atoms with Crippen molar-refractivity contribution in [1.29, 1.82) is 0 Å². The van der Waals surface area contributed by atoms with Gasteiger partial charge in [-0.15, -0.1) is 0 Å². The molecule has 1 aliphatic rings. The van der Waals surface area contributed by atoms with E-state index < -0.39 is 40.4 Å². The standard InChI is InChI=1S/C33H43O8PSi/c1-6-37-42(35,38-7-2)25-36-31-23-29(41-32(34)26-17-11-8-12-18-26)30(40-31)24-39-43(33(3,4)5,27-19-13-9-14-20-27)28-21-15-10-16-22-28/h8-22,29-31H,6-7,23-25H2,1-5H3/t29-,30-,31-/m0/s1. The van der Waals surface area contributed by atoms with Crippen LogP contribution in [0.1, 0.15) is 51.4 Å². The first-order valence-corrected chi connectivity index (χ1v) is 18.4. The summed E-state index contributed by atoms with van der Waals surface area (Å²) < 4.78 is 49.1. The number of hydrogen-bond acceptors (Lipinski definition) is 8. The maximum absolute atomic E-state index is 13.1. The summed E-state index contributed by atoms with van der Waals surface area (Å²) in [5.74, 6) is -0.459. The van der Waals surface area contributed by atoms with Crippen LogP contribution in [0.2, 0.25) is 5.04 Å². The average molecular weight is 627 g/mol. The molecule has 0 unspecified atom stereocenters. The Morgan fingerprint density at radius 1 is 0.860 bits per heavy atom. The van der Waals surface area contributed by atoms with E-state index in [0.29, 0.717) is 5.56 Å². The summed E-state index contributed by atoms with van der Waals surface area (Å²) in [6, 6.07) is 29.5. The van der Waals surface area contributed by atoms with Crippen molar-refractivity contribution in [3.8, 4) is 0 Å². The van der Waals surface area contributed by atoms with Crippen molar-refractivity contribution < 1.29 is 37.0 Å². The highest BCUT2D eigenvalue weighted by Crippen LogP contribution is 2.48. The summed E-state index contributed by atoms with van der Waals surface area (Å²) in [4.78, 5) is 13.1. The second kappa shape index (κ2) is 14.9. The molecule has 0 bridgehead atoms. The van der Waals surface area contributed by atoms with Gasteiger partial charge in [0.25, 0.3) is 8.32 Å². The molecule has 43 heavy (non-hydrogen) atoms. The van der Waals surface area contributed by atoms with E-state index in [9.17, 15) is 9.36 Å². The molecular formula is C33H43O8PSi. The van der Waals surface area contributed by atoms with Crippen molar-refractivity contribution in [2.75, 3.05) is 26.2 Å². The van der Waals surface area contributed by atoms with Gasteiger partial charge in [-0.3, -0.25) is 4.57 Å². The van der Waals surface area contributed by atoms with Crippen molar-refractivity contribution in [2.45, 2.75) is 64.6 Å². The third kappa shape index (κ3) is 8.11. The normalized spacial score (nSPS) is 19.3. The molecule has 3 aromatic carbocycles. The van der Waals surface area contributed by atoms with Crippen molar-refractivity contribution in [3.05, 3.63) is 96.6 Å². The van der Waals surface area contributed by atoms with E-state index in [1.807, 2.05) is 42.5 Å². The zero-order chi connectivity index (χ0) is 30.9. The van der Waals surface area contributed by atoms with Crippen LogP contribution >= 0.6 is 7.60 Å². The van der Waals surface area contributed by atoms with Crippen molar-refractivity contribution >= 4 is 32.3 Å². The van der Waals surface area contributed by atoms with Crippen LogP contribution in [0, 0.1) is 0 Å². The lowest BCUT2D eigenvalue weighted by Gasteiger charge is -2.43. The van der Waals surface area contributed by atoms with E-state index in [-0.39, 0.29) is 37.6 Å². The zero-order valence-electron chi connectivity index (χ0n) is 25.6. The summed E-state index contributed by atoms with van der Waals surface area (Å²) in [6.45, 7) is 10.7. The number of benzene rings is 3. The Morgan fingerprint density at radius 3 is 1.86 bits per heavy atom. The van der Waals surface area contributed by atoms with Gasteiger partial charge >= 0.3 is 13.6 Å². The lowest BCUT2D eigenvalue weighted by atomic mass is 10.2. The lowest BCUT2D eigenvalue weighted by Crippen LogP contribution is -2.67. The number of esters is 1. The van der Waals surface area contributed by atoms with E-state index in [0.717, 1.165) is 10.4 Å². The summed E-state index contributed by atoms with van der Waals surface area (Å²) in [5.41, 5.74) is 0.440. The van der Waals surface area contributed by atoms with Crippen LogP contribution in [0.15, 0.2) is 91.0 Å². The second-order valence-corrected chi connectivity index (χ2v) is 17.7. The molecule has 8 nitrogen and oxygen atoms in total. The van der Waals surface area contributed by atoms with Crippen LogP contribution in [-0.2, 0) is 32.2 Å². The van der Waals surface area contributed by atoms with Crippen molar-refractivity contribution in [1.82, 2.24) is 0 Å². The highest BCUT2D eigenvalue weighted by molar-refractivity contribution is 7.53. The van der Waals surface area contributed by atoms with Gasteiger partial charge in [0.1, 0.15) is 12.2 Å². The first-order chi connectivity index (χ1) is 20.6. The van der Waals surface area contributed by atoms with E-state index in [1.165, 1.54) is 0 Å². The van der Waals surface area contributed by atoms with Crippen LogP contribution in [0.4, 0.5) is 0 Å². The van der Waals surface area contributed by atoms with Crippen molar-refractivity contribution in [2.24, 2.45) is 0 Å². The third-order valence-electron chi connectivity index (χ3n) is 7.38. The Bertz CT molecular complexity index is 1280. The summed E-state index contributed by atoms with van der Waals surface area (Å²) in [7, 11) is -6.35. The quantitative estimate of drug-likeness (QED) is 0.120. The Morgan fingerprint density at radius 2 is 1.37 bits per heavy atom. The molecule has 0 aromatic heterocycles. The Hall–Kier alpha value is -2.62. The molecule has 1 saturated heterocycles. The van der Waals surface area contributed by atoms with Gasteiger partial charge in [0.2, 0.25) is 0 Å². The van der Waals surface area contributed by atoms with Gasteiger partial charge < -0.3 is 27.7 Å². The Labute approximate surface area is 256 Å². The molecule has 0 radical (unpaired) electrons. The van der Waals surface area contributed by atoms with Crippen LogP contribution < -0.4 is 10.4 Å². The number of carbonyl (C=O) groups is 1.